The van der Waals surface area contributed by atoms with E-state index in [1.807, 2.05) is 30.3 Å². The maximum absolute atomic E-state index is 11.1. The Kier molecular flexibility index (Phi) is 3.80. The molecular formula is C12H12N4O2. The van der Waals surface area contributed by atoms with Crippen molar-refractivity contribution in [2.75, 3.05) is 6.61 Å². The molecule has 2 aromatic rings. The van der Waals surface area contributed by atoms with Gasteiger partial charge in [-0.25, -0.2) is 4.79 Å². The standard InChI is InChI=1S/C12H12N4O2/c1-2-18-11(17)8-9-16-14-12(13-15-16)10-6-4-3-5-7-10/h3-9H,2H2,1H3/b9-8-. The van der Waals surface area contributed by atoms with Gasteiger partial charge in [-0.2, -0.15) is 0 Å². The molecule has 0 bridgehead atoms. The van der Waals surface area contributed by atoms with E-state index in [0.717, 1.165) is 5.56 Å². The maximum Gasteiger partial charge on any atom is 0.332 e. The van der Waals surface area contributed by atoms with E-state index in [0.29, 0.717) is 12.4 Å². The SMILES string of the molecule is CCOC(=O)/C=C\n1nnc(-c2ccccc2)n1. The third-order valence-corrected chi connectivity index (χ3v) is 2.09. The van der Waals surface area contributed by atoms with Crippen LogP contribution in [0.4, 0.5) is 0 Å². The van der Waals surface area contributed by atoms with Crippen molar-refractivity contribution in [3.63, 3.8) is 0 Å². The van der Waals surface area contributed by atoms with E-state index in [9.17, 15) is 4.79 Å². The van der Waals surface area contributed by atoms with Gasteiger partial charge in [-0.1, -0.05) is 30.3 Å². The van der Waals surface area contributed by atoms with E-state index >= 15 is 0 Å². The van der Waals surface area contributed by atoms with Gasteiger partial charge in [0, 0.05) is 11.6 Å². The van der Waals surface area contributed by atoms with Crippen molar-refractivity contribution < 1.29 is 9.53 Å². The molecule has 0 radical (unpaired) electrons. The quantitative estimate of drug-likeness (QED) is 0.600. The van der Waals surface area contributed by atoms with E-state index in [1.54, 1.807) is 6.92 Å². The van der Waals surface area contributed by atoms with Gasteiger partial charge < -0.3 is 4.74 Å². The van der Waals surface area contributed by atoms with Crippen molar-refractivity contribution in [2.24, 2.45) is 0 Å². The van der Waals surface area contributed by atoms with E-state index in [-0.39, 0.29) is 0 Å². The summed E-state index contributed by atoms with van der Waals surface area (Å²) in [5, 5.41) is 11.8. The number of carbonyl (C=O) groups excluding carboxylic acids is 1. The zero-order valence-corrected chi connectivity index (χ0v) is 9.85. The second-order valence-electron chi connectivity index (χ2n) is 3.37. The van der Waals surface area contributed by atoms with Gasteiger partial charge in [0.25, 0.3) is 0 Å². The van der Waals surface area contributed by atoms with Gasteiger partial charge in [0.15, 0.2) is 0 Å². The number of ether oxygens (including phenoxy) is 1. The first kappa shape index (κ1) is 12.0. The number of hydrogen-bond acceptors (Lipinski definition) is 5. The van der Waals surface area contributed by atoms with Gasteiger partial charge in [-0.15, -0.1) is 15.0 Å². The molecule has 6 heteroatoms. The first-order valence-electron chi connectivity index (χ1n) is 5.49. The molecule has 1 aromatic carbocycles. The summed E-state index contributed by atoms with van der Waals surface area (Å²) in [5.74, 6) is 0.0696. The lowest BCUT2D eigenvalue weighted by Crippen LogP contribution is -2.01. The summed E-state index contributed by atoms with van der Waals surface area (Å²) in [6.45, 7) is 2.08. The van der Waals surface area contributed by atoms with E-state index in [1.165, 1.54) is 17.1 Å². The zero-order chi connectivity index (χ0) is 12.8. The molecule has 2 rings (SSSR count). The van der Waals surface area contributed by atoms with Crippen LogP contribution in [-0.4, -0.2) is 32.8 Å². The lowest BCUT2D eigenvalue weighted by atomic mass is 10.2. The van der Waals surface area contributed by atoms with Crippen LogP contribution in [0.1, 0.15) is 6.92 Å². The van der Waals surface area contributed by atoms with Crippen LogP contribution in [0.5, 0.6) is 0 Å². The molecular weight excluding hydrogens is 232 g/mol. The monoisotopic (exact) mass is 244 g/mol. The minimum absolute atomic E-state index is 0.337. The van der Waals surface area contributed by atoms with Crippen LogP contribution in [-0.2, 0) is 9.53 Å². The second-order valence-corrected chi connectivity index (χ2v) is 3.37. The highest BCUT2D eigenvalue weighted by Gasteiger charge is 2.03. The van der Waals surface area contributed by atoms with Crippen LogP contribution in [0.2, 0.25) is 0 Å². The number of esters is 1. The predicted octanol–water partition coefficient (Wildman–Crippen LogP) is 1.37. The summed E-state index contributed by atoms with van der Waals surface area (Å²) in [5.41, 5.74) is 0.869. The average molecular weight is 244 g/mol. The molecule has 6 nitrogen and oxygen atoms in total. The Balaban J connectivity index is 2.09. The number of aromatic nitrogens is 4. The van der Waals surface area contributed by atoms with Crippen LogP contribution < -0.4 is 0 Å². The van der Waals surface area contributed by atoms with Crippen LogP contribution >= 0.6 is 0 Å². The molecule has 0 saturated carbocycles. The van der Waals surface area contributed by atoms with Crippen LogP contribution in [0.25, 0.3) is 17.6 Å². The summed E-state index contributed by atoms with van der Waals surface area (Å²) in [6, 6.07) is 9.47. The number of hydrogen-bond donors (Lipinski definition) is 0. The number of rotatable bonds is 4. The van der Waals surface area contributed by atoms with Crippen molar-refractivity contribution in [3.8, 4) is 11.4 Å². The lowest BCUT2D eigenvalue weighted by Gasteiger charge is -1.93. The van der Waals surface area contributed by atoms with Gasteiger partial charge >= 0.3 is 5.97 Å². The fraction of sp³-hybridized carbons (Fsp3) is 0.167. The third-order valence-electron chi connectivity index (χ3n) is 2.09. The predicted molar refractivity (Wildman–Crippen MR) is 65.2 cm³/mol. The Hall–Kier alpha value is -2.50. The number of benzene rings is 1. The molecule has 0 aliphatic rings. The molecule has 0 amide bonds. The molecule has 0 atom stereocenters. The molecule has 0 saturated heterocycles. The third kappa shape index (κ3) is 3.00. The first-order chi connectivity index (χ1) is 8.79. The van der Waals surface area contributed by atoms with Gasteiger partial charge in [0.1, 0.15) is 0 Å². The average Bonchev–Trinajstić information content (AvgIpc) is 2.87. The van der Waals surface area contributed by atoms with Crippen LogP contribution in [0.3, 0.4) is 0 Å². The highest BCUT2D eigenvalue weighted by atomic mass is 16.5. The van der Waals surface area contributed by atoms with Gasteiger partial charge in [-0.3, -0.25) is 0 Å². The second kappa shape index (κ2) is 5.72. The van der Waals surface area contributed by atoms with Crippen molar-refractivity contribution in [1.29, 1.82) is 0 Å². The zero-order valence-electron chi connectivity index (χ0n) is 9.85. The summed E-state index contributed by atoms with van der Waals surface area (Å²) >= 11 is 0. The number of nitrogens with zero attached hydrogens (tertiary/aromatic N) is 4. The molecule has 18 heavy (non-hydrogen) atoms. The summed E-state index contributed by atoms with van der Waals surface area (Å²) in [4.78, 5) is 12.3. The number of tetrazole rings is 1. The Labute approximate surface area is 104 Å². The Morgan fingerprint density at radius 1 is 1.39 bits per heavy atom. The summed E-state index contributed by atoms with van der Waals surface area (Å²) in [7, 11) is 0. The molecule has 0 N–H and O–H groups in total. The van der Waals surface area contributed by atoms with Crippen LogP contribution in [0.15, 0.2) is 36.4 Å². The highest BCUT2D eigenvalue weighted by Crippen LogP contribution is 2.11. The lowest BCUT2D eigenvalue weighted by molar-refractivity contribution is -0.137. The minimum atomic E-state index is -0.434. The van der Waals surface area contributed by atoms with Crippen molar-refractivity contribution >= 4 is 12.2 Å². The summed E-state index contributed by atoms with van der Waals surface area (Å²) < 4.78 is 4.74. The smallest absolute Gasteiger partial charge is 0.332 e. The molecule has 1 heterocycles. The van der Waals surface area contributed by atoms with E-state index < -0.39 is 5.97 Å². The van der Waals surface area contributed by atoms with Crippen LogP contribution in [0, 0.1) is 0 Å². The Morgan fingerprint density at radius 2 is 2.17 bits per heavy atom. The van der Waals surface area contributed by atoms with E-state index in [2.05, 4.69) is 15.4 Å². The molecule has 0 aliphatic carbocycles. The summed E-state index contributed by atoms with van der Waals surface area (Å²) in [6.07, 6.45) is 2.65. The first-order valence-corrected chi connectivity index (χ1v) is 5.49. The van der Waals surface area contributed by atoms with Crippen molar-refractivity contribution in [1.82, 2.24) is 20.2 Å². The van der Waals surface area contributed by atoms with Crippen molar-refractivity contribution in [3.05, 3.63) is 36.4 Å². The largest absolute Gasteiger partial charge is 0.463 e. The molecule has 92 valence electrons. The topological polar surface area (TPSA) is 69.9 Å². The fourth-order valence-corrected chi connectivity index (χ4v) is 1.31. The highest BCUT2D eigenvalue weighted by molar-refractivity contribution is 5.84. The van der Waals surface area contributed by atoms with Gasteiger partial charge in [0.2, 0.25) is 5.82 Å². The molecule has 0 fully saturated rings. The van der Waals surface area contributed by atoms with Gasteiger partial charge in [-0.05, 0) is 12.1 Å². The normalized spacial score (nSPS) is 10.7. The van der Waals surface area contributed by atoms with Crippen molar-refractivity contribution in [2.45, 2.75) is 6.92 Å². The Bertz CT molecular complexity index is 548. The number of carbonyl (C=O) groups is 1. The molecule has 0 unspecified atom stereocenters. The van der Waals surface area contributed by atoms with Gasteiger partial charge in [0.05, 0.1) is 12.8 Å². The molecule has 0 spiro atoms. The fourth-order valence-electron chi connectivity index (χ4n) is 1.31. The molecule has 1 aromatic heterocycles. The maximum atomic E-state index is 11.1. The molecule has 0 aliphatic heterocycles. The minimum Gasteiger partial charge on any atom is -0.463 e. The Morgan fingerprint density at radius 3 is 2.89 bits per heavy atom. The van der Waals surface area contributed by atoms with E-state index in [4.69, 9.17) is 4.74 Å².